The first kappa shape index (κ1) is 28.5. The molecule has 0 saturated carbocycles. The molecule has 1 aliphatic rings. The summed E-state index contributed by atoms with van der Waals surface area (Å²) in [6, 6.07) is 9.31. The summed E-state index contributed by atoms with van der Waals surface area (Å²) in [5, 5.41) is 1.52. The number of amides is 2. The van der Waals surface area contributed by atoms with E-state index in [2.05, 4.69) is 10.3 Å². The number of aliphatic imine (C=N–C) groups is 1. The van der Waals surface area contributed by atoms with Gasteiger partial charge in [-0.05, 0) is 55.8 Å². The first-order valence-corrected chi connectivity index (χ1v) is 12.8. The second-order valence-electron chi connectivity index (χ2n) is 8.05. The summed E-state index contributed by atoms with van der Waals surface area (Å²) in [5.74, 6) is -1.32. The largest absolute Gasteiger partial charge is 0.462 e. The van der Waals surface area contributed by atoms with Crippen LogP contribution >= 0.6 is 23.4 Å². The molecule has 2 aromatic rings. The monoisotopic (exact) mass is 555 g/mol. The fraction of sp³-hybridized carbons (Fsp3) is 0.360. The molecule has 1 heterocycles. The number of alkyl halides is 3. The maximum atomic E-state index is 13.3. The number of thioether (sulfide) groups is 1. The number of unbranched alkanes of at least 4 members (excludes halogenated alkanes) is 1. The Balaban J connectivity index is 1.83. The molecule has 0 bridgehead atoms. The number of nitrogens with zero attached hydrogens (tertiary/aromatic N) is 2. The Labute approximate surface area is 221 Å². The number of hydrogen-bond acceptors (Lipinski definition) is 6. The molecule has 37 heavy (non-hydrogen) atoms. The Bertz CT molecular complexity index is 1190. The normalized spacial score (nSPS) is 17.1. The highest BCUT2D eigenvalue weighted by atomic mass is 35.5. The maximum absolute atomic E-state index is 13.3. The van der Waals surface area contributed by atoms with E-state index >= 15 is 0 Å². The van der Waals surface area contributed by atoms with Crippen molar-refractivity contribution < 1.29 is 32.3 Å². The van der Waals surface area contributed by atoms with Crippen molar-refractivity contribution >= 4 is 57.7 Å². The molecule has 1 saturated heterocycles. The third-order valence-corrected chi connectivity index (χ3v) is 6.83. The average Bonchev–Trinajstić information content (AvgIpc) is 2.84. The Kier molecular flexibility index (Phi) is 9.61. The molecular formula is C25H25ClF3N3O4S. The standard InChI is InChI=1S/C25H25ClF3N3O4S/c1-3-5-12-32-21(33)14-20(22(34)30-16-8-6-15(7-9-16)23(35)36-4-2)37-24(32)31-17-10-11-19(26)18(13-17)25(27,28)29/h6-11,13,20H,3-5,12,14H2,1-2H3,(H,30,34). The van der Waals surface area contributed by atoms with Crippen LogP contribution in [0.2, 0.25) is 5.02 Å². The minimum Gasteiger partial charge on any atom is -0.462 e. The van der Waals surface area contributed by atoms with E-state index < -0.39 is 33.9 Å². The van der Waals surface area contributed by atoms with E-state index in [1.54, 1.807) is 6.92 Å². The van der Waals surface area contributed by atoms with E-state index in [9.17, 15) is 27.6 Å². The SMILES string of the molecule is CCCCN1C(=O)CC(C(=O)Nc2ccc(C(=O)OCC)cc2)SC1=Nc1ccc(Cl)c(C(F)(F)F)c1. The van der Waals surface area contributed by atoms with Crippen LogP contribution in [0.4, 0.5) is 24.5 Å². The molecule has 1 N–H and O–H groups in total. The van der Waals surface area contributed by atoms with Crippen LogP contribution in [0.5, 0.6) is 0 Å². The minimum atomic E-state index is -4.67. The van der Waals surface area contributed by atoms with Crippen LogP contribution in [0.15, 0.2) is 47.5 Å². The summed E-state index contributed by atoms with van der Waals surface area (Å²) >= 11 is 6.71. The smallest absolute Gasteiger partial charge is 0.417 e. The number of hydrogen-bond donors (Lipinski definition) is 1. The highest BCUT2D eigenvalue weighted by molar-refractivity contribution is 8.15. The highest BCUT2D eigenvalue weighted by Gasteiger charge is 2.36. The van der Waals surface area contributed by atoms with Gasteiger partial charge in [0.25, 0.3) is 0 Å². The van der Waals surface area contributed by atoms with Gasteiger partial charge in [-0.25, -0.2) is 9.79 Å². The van der Waals surface area contributed by atoms with Crippen molar-refractivity contribution in [3.05, 3.63) is 58.6 Å². The van der Waals surface area contributed by atoms with Crippen LogP contribution in [-0.4, -0.2) is 46.3 Å². The van der Waals surface area contributed by atoms with Crippen molar-refractivity contribution in [2.75, 3.05) is 18.5 Å². The predicted molar refractivity (Wildman–Crippen MR) is 137 cm³/mol. The van der Waals surface area contributed by atoms with Gasteiger partial charge in [0, 0.05) is 18.7 Å². The van der Waals surface area contributed by atoms with Gasteiger partial charge in [-0.2, -0.15) is 13.2 Å². The van der Waals surface area contributed by atoms with Gasteiger partial charge < -0.3 is 10.1 Å². The molecule has 3 rings (SSSR count). The van der Waals surface area contributed by atoms with Gasteiger partial charge in [0.1, 0.15) is 5.25 Å². The van der Waals surface area contributed by atoms with Crippen molar-refractivity contribution in [3.63, 3.8) is 0 Å². The number of rotatable bonds is 8. The molecule has 0 radical (unpaired) electrons. The number of carbonyl (C=O) groups is 3. The van der Waals surface area contributed by atoms with E-state index in [0.717, 1.165) is 30.3 Å². The van der Waals surface area contributed by atoms with Crippen LogP contribution in [-0.2, 0) is 20.5 Å². The summed E-state index contributed by atoms with van der Waals surface area (Å²) in [4.78, 5) is 43.4. The third kappa shape index (κ3) is 7.48. The van der Waals surface area contributed by atoms with Crippen molar-refractivity contribution in [1.29, 1.82) is 0 Å². The second kappa shape index (κ2) is 12.5. The zero-order chi connectivity index (χ0) is 27.2. The summed E-state index contributed by atoms with van der Waals surface area (Å²) in [6.45, 7) is 4.19. The Morgan fingerprint density at radius 1 is 1.19 bits per heavy atom. The number of carbonyl (C=O) groups excluding carboxylic acids is 3. The van der Waals surface area contributed by atoms with Crippen LogP contribution < -0.4 is 5.32 Å². The quantitative estimate of drug-likeness (QED) is 0.386. The lowest BCUT2D eigenvalue weighted by molar-refractivity contribution is -0.137. The number of amidine groups is 1. The molecule has 1 aliphatic heterocycles. The number of ether oxygens (including phenoxy) is 1. The van der Waals surface area contributed by atoms with Crippen LogP contribution in [0.3, 0.4) is 0 Å². The second-order valence-corrected chi connectivity index (χ2v) is 9.63. The molecule has 2 aromatic carbocycles. The topological polar surface area (TPSA) is 88.1 Å². The van der Waals surface area contributed by atoms with E-state index in [-0.39, 0.29) is 29.8 Å². The summed E-state index contributed by atoms with van der Waals surface area (Å²) in [7, 11) is 0. The summed E-state index contributed by atoms with van der Waals surface area (Å²) in [5.41, 5.74) is -0.345. The molecule has 1 unspecified atom stereocenters. The van der Waals surface area contributed by atoms with Crippen LogP contribution in [0.1, 0.15) is 49.0 Å². The van der Waals surface area contributed by atoms with E-state index in [1.807, 2.05) is 6.92 Å². The van der Waals surface area contributed by atoms with Gasteiger partial charge in [-0.3, -0.25) is 14.5 Å². The van der Waals surface area contributed by atoms with Gasteiger partial charge in [-0.1, -0.05) is 36.7 Å². The van der Waals surface area contributed by atoms with Gasteiger partial charge in [-0.15, -0.1) is 0 Å². The number of halogens is 4. The molecule has 0 aliphatic carbocycles. The van der Waals surface area contributed by atoms with Crippen LogP contribution in [0, 0.1) is 0 Å². The van der Waals surface area contributed by atoms with Crippen molar-refractivity contribution in [1.82, 2.24) is 4.90 Å². The lowest BCUT2D eigenvalue weighted by Gasteiger charge is -2.31. The number of esters is 1. The fourth-order valence-corrected chi connectivity index (χ4v) is 4.76. The molecule has 2 amide bonds. The van der Waals surface area contributed by atoms with Crippen molar-refractivity contribution in [2.24, 2.45) is 4.99 Å². The molecule has 1 fully saturated rings. The maximum Gasteiger partial charge on any atom is 0.417 e. The molecule has 0 spiro atoms. The first-order valence-electron chi connectivity index (χ1n) is 11.5. The Hall–Kier alpha value is -3.05. The summed E-state index contributed by atoms with van der Waals surface area (Å²) in [6.07, 6.45) is -3.33. The Morgan fingerprint density at radius 2 is 1.89 bits per heavy atom. The summed E-state index contributed by atoms with van der Waals surface area (Å²) < 4.78 is 44.9. The van der Waals surface area contributed by atoms with Gasteiger partial charge in [0.15, 0.2) is 5.17 Å². The lowest BCUT2D eigenvalue weighted by Crippen LogP contribution is -2.45. The predicted octanol–water partition coefficient (Wildman–Crippen LogP) is 6.30. The molecule has 7 nitrogen and oxygen atoms in total. The first-order chi connectivity index (χ1) is 17.5. The Morgan fingerprint density at radius 3 is 2.51 bits per heavy atom. The van der Waals surface area contributed by atoms with Gasteiger partial charge in [0.2, 0.25) is 11.8 Å². The fourth-order valence-electron chi connectivity index (χ4n) is 3.41. The van der Waals surface area contributed by atoms with Crippen molar-refractivity contribution in [3.8, 4) is 0 Å². The molecule has 0 aromatic heterocycles. The van der Waals surface area contributed by atoms with E-state index in [4.69, 9.17) is 16.3 Å². The molecular weight excluding hydrogens is 531 g/mol. The van der Waals surface area contributed by atoms with E-state index in [1.165, 1.54) is 35.2 Å². The minimum absolute atomic E-state index is 0.0378. The zero-order valence-corrected chi connectivity index (χ0v) is 21.7. The van der Waals surface area contributed by atoms with Crippen molar-refractivity contribution in [2.45, 2.75) is 44.5 Å². The molecule has 1 atom stereocenters. The lowest BCUT2D eigenvalue weighted by atomic mass is 10.2. The van der Waals surface area contributed by atoms with Crippen LogP contribution in [0.25, 0.3) is 0 Å². The molecule has 198 valence electrons. The average molecular weight is 556 g/mol. The zero-order valence-electron chi connectivity index (χ0n) is 20.1. The van der Waals surface area contributed by atoms with Gasteiger partial charge >= 0.3 is 12.1 Å². The molecule has 12 heteroatoms. The van der Waals surface area contributed by atoms with Gasteiger partial charge in [0.05, 0.1) is 28.4 Å². The number of anilines is 1. The van der Waals surface area contributed by atoms with E-state index in [0.29, 0.717) is 24.2 Å². The number of benzene rings is 2. The third-order valence-electron chi connectivity index (χ3n) is 5.31. The highest BCUT2D eigenvalue weighted by Crippen LogP contribution is 2.38. The number of nitrogens with one attached hydrogen (secondary N) is 1.